The average molecular weight is 403 g/mol. The van der Waals surface area contributed by atoms with Crippen LogP contribution in [0.1, 0.15) is 54.6 Å². The highest BCUT2D eigenvalue weighted by molar-refractivity contribution is 7.18. The van der Waals surface area contributed by atoms with Crippen molar-refractivity contribution in [2.75, 3.05) is 0 Å². The summed E-state index contributed by atoms with van der Waals surface area (Å²) >= 11 is 3.22. The van der Waals surface area contributed by atoms with Gasteiger partial charge in [-0.05, 0) is 66.5 Å². The first kappa shape index (κ1) is 18.4. The minimum atomic E-state index is -0.574. The van der Waals surface area contributed by atoms with E-state index >= 15 is 0 Å². The Hall–Kier alpha value is -1.99. The minimum Gasteiger partial charge on any atom is -0.454 e. The van der Waals surface area contributed by atoms with Gasteiger partial charge in [-0.2, -0.15) is 11.3 Å². The van der Waals surface area contributed by atoms with Crippen LogP contribution in [0.2, 0.25) is 0 Å². The number of carbonyl (C=O) groups is 1. The molecule has 3 aromatic heterocycles. The normalized spacial score (nSPS) is 17.6. The van der Waals surface area contributed by atoms with Crippen LogP contribution < -0.4 is 5.56 Å². The lowest BCUT2D eigenvalue weighted by molar-refractivity contribution is -0.148. The van der Waals surface area contributed by atoms with Crippen molar-refractivity contribution >= 4 is 38.9 Å². The first-order valence-corrected chi connectivity index (χ1v) is 11.0. The first-order valence-electron chi connectivity index (χ1n) is 9.26. The van der Waals surface area contributed by atoms with Crippen molar-refractivity contribution in [3.63, 3.8) is 0 Å². The van der Waals surface area contributed by atoms with Crippen LogP contribution >= 0.6 is 22.7 Å². The van der Waals surface area contributed by atoms with Crippen molar-refractivity contribution in [2.24, 2.45) is 5.92 Å². The third kappa shape index (κ3) is 3.84. The second kappa shape index (κ2) is 7.56. The number of hydrogen-bond acceptors (Lipinski definition) is 6. The molecule has 0 amide bonds. The highest BCUT2D eigenvalue weighted by atomic mass is 32.1. The van der Waals surface area contributed by atoms with Crippen molar-refractivity contribution < 1.29 is 9.53 Å². The largest absolute Gasteiger partial charge is 0.454 e. The van der Waals surface area contributed by atoms with Gasteiger partial charge >= 0.3 is 5.97 Å². The quantitative estimate of drug-likeness (QED) is 0.642. The van der Waals surface area contributed by atoms with E-state index in [2.05, 4.69) is 16.9 Å². The Balaban J connectivity index is 1.51. The molecule has 2 atom stereocenters. The van der Waals surface area contributed by atoms with Crippen molar-refractivity contribution in [2.45, 2.75) is 52.1 Å². The molecule has 3 heterocycles. The molecule has 3 aromatic rings. The zero-order chi connectivity index (χ0) is 19.0. The Morgan fingerprint density at radius 3 is 3.11 bits per heavy atom. The van der Waals surface area contributed by atoms with Crippen molar-refractivity contribution in [3.8, 4) is 0 Å². The van der Waals surface area contributed by atoms with Crippen molar-refractivity contribution in [1.82, 2.24) is 9.97 Å². The number of carbonyl (C=O) groups excluding carboxylic acids is 1. The fourth-order valence-electron chi connectivity index (χ4n) is 3.55. The number of esters is 1. The van der Waals surface area contributed by atoms with E-state index in [4.69, 9.17) is 4.74 Å². The summed E-state index contributed by atoms with van der Waals surface area (Å²) in [5, 5.41) is 4.75. The van der Waals surface area contributed by atoms with Crippen LogP contribution in [-0.2, 0) is 28.8 Å². The summed E-state index contributed by atoms with van der Waals surface area (Å²) in [6.07, 6.45) is 3.46. The molecule has 4 rings (SSSR count). The predicted molar refractivity (Wildman–Crippen MR) is 109 cm³/mol. The van der Waals surface area contributed by atoms with Gasteiger partial charge in [-0.15, -0.1) is 11.3 Å². The van der Waals surface area contributed by atoms with E-state index < -0.39 is 6.10 Å². The summed E-state index contributed by atoms with van der Waals surface area (Å²) < 4.78 is 5.49. The minimum absolute atomic E-state index is 0.122. The third-order valence-corrected chi connectivity index (χ3v) is 6.96. The molecule has 0 bridgehead atoms. The van der Waals surface area contributed by atoms with E-state index in [1.165, 1.54) is 4.88 Å². The van der Waals surface area contributed by atoms with Crippen LogP contribution in [0.5, 0.6) is 0 Å². The molecule has 0 saturated carbocycles. The van der Waals surface area contributed by atoms with Crippen LogP contribution in [0.4, 0.5) is 0 Å². The monoisotopic (exact) mass is 402 g/mol. The Kier molecular flexibility index (Phi) is 5.14. The van der Waals surface area contributed by atoms with Crippen LogP contribution in [0.15, 0.2) is 21.6 Å². The molecule has 0 radical (unpaired) electrons. The van der Waals surface area contributed by atoms with Gasteiger partial charge in [-0.3, -0.25) is 9.59 Å². The van der Waals surface area contributed by atoms with E-state index in [0.29, 0.717) is 24.6 Å². The smallest absolute Gasteiger partial charge is 0.306 e. The van der Waals surface area contributed by atoms with E-state index in [9.17, 15) is 9.59 Å². The second-order valence-corrected chi connectivity index (χ2v) is 9.11. The average Bonchev–Trinajstić information content (AvgIpc) is 3.26. The van der Waals surface area contributed by atoms with Gasteiger partial charge in [0.15, 0.2) is 11.9 Å². The van der Waals surface area contributed by atoms with E-state index in [1.807, 2.05) is 16.8 Å². The molecule has 1 aliphatic rings. The highest BCUT2D eigenvalue weighted by Gasteiger charge is 2.24. The molecule has 0 saturated heterocycles. The lowest BCUT2D eigenvalue weighted by Gasteiger charge is -2.17. The Morgan fingerprint density at radius 1 is 1.48 bits per heavy atom. The maximum atomic E-state index is 12.7. The fourth-order valence-corrected chi connectivity index (χ4v) is 5.64. The number of thiophene rings is 2. The number of aromatic nitrogens is 2. The Bertz CT molecular complexity index is 1020. The van der Waals surface area contributed by atoms with Crippen LogP contribution in [0, 0.1) is 5.92 Å². The summed E-state index contributed by atoms with van der Waals surface area (Å²) in [6, 6.07) is 2.01. The predicted octanol–water partition coefficient (Wildman–Crippen LogP) is 4.41. The molecule has 7 heteroatoms. The summed E-state index contributed by atoms with van der Waals surface area (Å²) in [5.41, 5.74) is 2.17. The highest BCUT2D eigenvalue weighted by Crippen LogP contribution is 2.35. The Morgan fingerprint density at radius 2 is 2.33 bits per heavy atom. The van der Waals surface area contributed by atoms with Gasteiger partial charge in [0.25, 0.3) is 5.56 Å². The lowest BCUT2D eigenvalue weighted by Crippen LogP contribution is -2.18. The molecule has 1 aliphatic carbocycles. The molecular formula is C20H22N2O3S2. The van der Waals surface area contributed by atoms with Crippen LogP contribution in [-0.4, -0.2) is 15.9 Å². The molecular weight excluding hydrogens is 380 g/mol. The maximum absolute atomic E-state index is 12.7. The van der Waals surface area contributed by atoms with Gasteiger partial charge in [0.2, 0.25) is 0 Å². The summed E-state index contributed by atoms with van der Waals surface area (Å²) in [5.74, 6) is 0.783. The van der Waals surface area contributed by atoms with E-state index in [0.717, 1.165) is 40.6 Å². The molecule has 0 spiro atoms. The number of nitrogens with one attached hydrogen (secondary N) is 1. The van der Waals surface area contributed by atoms with Gasteiger partial charge in [0, 0.05) is 11.3 Å². The number of H-pyrrole nitrogens is 1. The van der Waals surface area contributed by atoms with Crippen LogP contribution in [0.25, 0.3) is 10.2 Å². The third-order valence-electron chi connectivity index (χ3n) is 5.07. The Labute approximate surface area is 165 Å². The topological polar surface area (TPSA) is 72.0 Å². The van der Waals surface area contributed by atoms with Crippen molar-refractivity contribution in [3.05, 3.63) is 49.0 Å². The summed E-state index contributed by atoms with van der Waals surface area (Å²) in [4.78, 5) is 34.3. The summed E-state index contributed by atoms with van der Waals surface area (Å²) in [6.45, 7) is 4.00. The van der Waals surface area contributed by atoms with Crippen molar-refractivity contribution in [1.29, 1.82) is 0 Å². The number of nitrogens with zero attached hydrogens (tertiary/aromatic N) is 1. The number of aryl methyl sites for hydroxylation is 2. The van der Waals surface area contributed by atoms with E-state index in [1.54, 1.807) is 29.6 Å². The molecule has 0 aromatic carbocycles. The molecule has 142 valence electrons. The van der Waals surface area contributed by atoms with Gasteiger partial charge in [0.05, 0.1) is 5.39 Å². The van der Waals surface area contributed by atoms with Gasteiger partial charge in [0.1, 0.15) is 4.83 Å². The number of fused-ring (bicyclic) bond motifs is 3. The van der Waals surface area contributed by atoms with E-state index in [-0.39, 0.29) is 11.5 Å². The van der Waals surface area contributed by atoms with Gasteiger partial charge in [-0.1, -0.05) is 6.92 Å². The molecule has 0 fully saturated rings. The van der Waals surface area contributed by atoms with Gasteiger partial charge in [-0.25, -0.2) is 4.98 Å². The number of rotatable bonds is 5. The number of ether oxygens (including phenoxy) is 1. The first-order chi connectivity index (χ1) is 13.0. The SMILES string of the molecule is C[C@@H]1CCc2c(sc3nc([C@@H](C)OC(=O)CCc4ccsc4)[nH]c(=O)c23)C1. The summed E-state index contributed by atoms with van der Waals surface area (Å²) in [7, 11) is 0. The molecule has 27 heavy (non-hydrogen) atoms. The molecule has 5 nitrogen and oxygen atoms in total. The maximum Gasteiger partial charge on any atom is 0.306 e. The number of hydrogen-bond donors (Lipinski definition) is 1. The number of aromatic amines is 1. The molecule has 0 unspecified atom stereocenters. The van der Waals surface area contributed by atoms with Gasteiger partial charge < -0.3 is 9.72 Å². The molecule has 1 N–H and O–H groups in total. The molecule has 0 aliphatic heterocycles. The fraction of sp³-hybridized carbons (Fsp3) is 0.450. The second-order valence-electron chi connectivity index (χ2n) is 7.25. The van der Waals surface area contributed by atoms with Crippen LogP contribution in [0.3, 0.4) is 0 Å². The standard InChI is InChI=1S/C20H22N2O3S2/c1-11-3-5-14-15(9-11)27-20-17(14)19(24)21-18(22-20)12(2)25-16(23)6-4-13-7-8-26-10-13/h7-8,10-12H,3-6,9H2,1-2H3,(H,21,22,24)/t11-,12-/m1/s1. The zero-order valence-electron chi connectivity index (χ0n) is 15.4. The lowest BCUT2D eigenvalue weighted by atomic mass is 9.89. The zero-order valence-corrected chi connectivity index (χ0v) is 17.0.